The molecular weight excluding hydrogens is 550 g/mol. The van der Waals surface area contributed by atoms with E-state index < -0.39 is 67.5 Å². The third-order valence-electron chi connectivity index (χ3n) is 8.08. The number of urea groups is 1. The van der Waals surface area contributed by atoms with Crippen LogP contribution in [0.3, 0.4) is 0 Å². The fraction of sp³-hybridized carbons (Fsp3) is 0.565. The van der Waals surface area contributed by atoms with Gasteiger partial charge in [-0.05, 0) is 18.9 Å². The summed E-state index contributed by atoms with van der Waals surface area (Å²) in [5, 5.41) is 36.8. The summed E-state index contributed by atoms with van der Waals surface area (Å²) in [6.07, 6.45) is -7.62. The Kier molecular flexibility index (Phi) is 6.26. The zero-order valence-corrected chi connectivity index (χ0v) is 20.8. The van der Waals surface area contributed by atoms with Crippen molar-refractivity contribution in [2.24, 2.45) is 5.41 Å². The number of aliphatic hydroxyl groups excluding tert-OH is 1. The average molecular weight is 577 g/mol. The number of nitrogens with one attached hydrogen (secondary N) is 3. The summed E-state index contributed by atoms with van der Waals surface area (Å²) in [7, 11) is 0. The maximum atomic E-state index is 13.4. The van der Waals surface area contributed by atoms with Gasteiger partial charge >= 0.3 is 18.4 Å². The Morgan fingerprint density at radius 1 is 1.15 bits per heavy atom. The van der Waals surface area contributed by atoms with Gasteiger partial charge in [-0.15, -0.1) is 0 Å². The first kappa shape index (κ1) is 27.9. The number of aromatic nitrogens is 3. The molecule has 0 radical (unpaired) electrons. The highest BCUT2D eigenvalue weighted by molar-refractivity contribution is 6.02. The first-order valence-electron chi connectivity index (χ1n) is 12.2. The number of alkyl halides is 6. The predicted molar refractivity (Wildman–Crippen MR) is 128 cm³/mol. The van der Waals surface area contributed by atoms with Crippen LogP contribution < -0.4 is 11.1 Å². The molecule has 2 aliphatic heterocycles. The number of aromatic amines is 1. The van der Waals surface area contributed by atoms with E-state index >= 15 is 0 Å². The van der Waals surface area contributed by atoms with Crippen LogP contribution in [0.5, 0.6) is 0 Å². The zero-order chi connectivity index (χ0) is 29.3. The number of pyridine rings is 1. The topological polar surface area (TPSA) is 167 Å². The summed E-state index contributed by atoms with van der Waals surface area (Å²) in [4.78, 5) is 19.7. The lowest BCUT2D eigenvalue weighted by Gasteiger charge is -2.50. The molecule has 0 bridgehead atoms. The van der Waals surface area contributed by atoms with Crippen molar-refractivity contribution in [1.29, 1.82) is 5.41 Å². The highest BCUT2D eigenvalue weighted by atomic mass is 19.4. The minimum Gasteiger partial charge on any atom is -0.398 e. The molecular formula is C23H26F6N8O3. The number of hydrogen-bond acceptors (Lipinski definition) is 7. The van der Waals surface area contributed by atoms with E-state index in [9.17, 15) is 41.4 Å². The van der Waals surface area contributed by atoms with Crippen molar-refractivity contribution in [2.75, 3.05) is 37.3 Å². The van der Waals surface area contributed by atoms with Gasteiger partial charge < -0.3 is 31.1 Å². The number of nitrogens with zero attached hydrogens (tertiary/aromatic N) is 4. The zero-order valence-electron chi connectivity index (χ0n) is 20.8. The van der Waals surface area contributed by atoms with Crippen LogP contribution in [0.4, 0.5) is 42.5 Å². The summed E-state index contributed by atoms with van der Waals surface area (Å²) in [6.45, 7) is -2.63. The SMILES string of the molecule is N=C(c1cnc(-c2[nH]ncc2NC(=O)N2CCC(O)(C(F)(F)F)CC23CC3)cc1N)N1CC(CO)(C(F)(F)F)C1. The molecule has 1 aliphatic carbocycles. The van der Waals surface area contributed by atoms with Gasteiger partial charge in [0.25, 0.3) is 0 Å². The van der Waals surface area contributed by atoms with Crippen LogP contribution in [0.15, 0.2) is 18.5 Å². The van der Waals surface area contributed by atoms with Gasteiger partial charge in [0.05, 0.1) is 29.7 Å². The first-order valence-corrected chi connectivity index (χ1v) is 12.2. The van der Waals surface area contributed by atoms with Gasteiger partial charge in [0.2, 0.25) is 0 Å². The minimum absolute atomic E-state index is 0.00906. The van der Waals surface area contributed by atoms with Crippen molar-refractivity contribution < 1.29 is 41.4 Å². The first-order chi connectivity index (χ1) is 18.5. The molecule has 3 fully saturated rings. The van der Waals surface area contributed by atoms with Crippen LogP contribution in [0.2, 0.25) is 0 Å². The van der Waals surface area contributed by atoms with Crippen LogP contribution >= 0.6 is 0 Å². The summed E-state index contributed by atoms with van der Waals surface area (Å²) < 4.78 is 79.9. The molecule has 7 N–H and O–H groups in total. The number of carbonyl (C=O) groups excluding carboxylic acids is 1. The van der Waals surface area contributed by atoms with Crippen molar-refractivity contribution in [1.82, 2.24) is 25.0 Å². The number of nitrogen functional groups attached to an aromatic ring is 1. The second-order valence-corrected chi connectivity index (χ2v) is 10.7. The largest absolute Gasteiger partial charge is 0.417 e. The number of piperidine rings is 1. The standard InChI is InChI=1S/C23H26F6N8O3/c24-22(25,26)19(11-38)9-36(10-19)17(31)12-6-32-14(5-13(12)30)16-15(7-33-35-16)34-18(39)37-4-3-21(40,23(27,28)29)8-20(37)1-2-20/h5-7,31,38,40H,1-4,8-11H2,(H2,30,32)(H,33,35)(H,34,39). The molecule has 5 rings (SSSR count). The van der Waals surface area contributed by atoms with Crippen LogP contribution in [0, 0.1) is 10.8 Å². The van der Waals surface area contributed by atoms with E-state index in [-0.39, 0.29) is 40.7 Å². The second kappa shape index (κ2) is 8.95. The Morgan fingerprint density at radius 3 is 2.38 bits per heavy atom. The number of amidine groups is 1. The fourth-order valence-corrected chi connectivity index (χ4v) is 5.36. The number of rotatable bonds is 4. The molecule has 2 saturated heterocycles. The maximum absolute atomic E-state index is 13.4. The normalized spacial score (nSPS) is 23.6. The van der Waals surface area contributed by atoms with Gasteiger partial charge in [0.1, 0.15) is 16.9 Å². The molecule has 1 spiro atoms. The molecule has 40 heavy (non-hydrogen) atoms. The number of amides is 2. The molecule has 2 aromatic rings. The van der Waals surface area contributed by atoms with E-state index in [1.807, 2.05) is 0 Å². The number of anilines is 2. The Bertz CT molecular complexity index is 1330. The molecule has 3 aliphatic rings. The van der Waals surface area contributed by atoms with Crippen LogP contribution in [-0.2, 0) is 0 Å². The van der Waals surface area contributed by atoms with E-state index in [4.69, 9.17) is 11.1 Å². The Balaban J connectivity index is 1.29. The van der Waals surface area contributed by atoms with E-state index in [2.05, 4.69) is 20.5 Å². The number of H-pyrrole nitrogens is 1. The van der Waals surface area contributed by atoms with E-state index in [0.717, 1.165) is 4.90 Å². The van der Waals surface area contributed by atoms with Crippen molar-refractivity contribution >= 4 is 23.2 Å². The summed E-state index contributed by atoms with van der Waals surface area (Å²) in [6, 6.07) is 0.661. The predicted octanol–water partition coefficient (Wildman–Crippen LogP) is 2.69. The van der Waals surface area contributed by atoms with Crippen LogP contribution in [0.1, 0.15) is 31.2 Å². The summed E-state index contributed by atoms with van der Waals surface area (Å²) in [5.74, 6) is -0.304. The van der Waals surface area contributed by atoms with Gasteiger partial charge in [-0.1, -0.05) is 0 Å². The lowest BCUT2D eigenvalue weighted by molar-refractivity contribution is -0.277. The monoisotopic (exact) mass is 576 g/mol. The Morgan fingerprint density at radius 2 is 1.82 bits per heavy atom. The molecule has 17 heteroatoms. The van der Waals surface area contributed by atoms with Gasteiger partial charge in [0.15, 0.2) is 5.60 Å². The molecule has 218 valence electrons. The lowest BCUT2D eigenvalue weighted by Crippen LogP contribution is -2.66. The number of hydrogen-bond donors (Lipinski definition) is 6. The van der Waals surface area contributed by atoms with Gasteiger partial charge in [-0.25, -0.2) is 4.79 Å². The third-order valence-corrected chi connectivity index (χ3v) is 8.08. The Labute approximate surface area is 222 Å². The second-order valence-electron chi connectivity index (χ2n) is 10.7. The molecule has 1 unspecified atom stereocenters. The van der Waals surface area contributed by atoms with Crippen LogP contribution in [-0.4, -0.2) is 96.8 Å². The summed E-state index contributed by atoms with van der Waals surface area (Å²) >= 11 is 0. The van der Waals surface area contributed by atoms with Crippen molar-refractivity contribution in [3.8, 4) is 11.4 Å². The molecule has 2 amide bonds. The fourth-order valence-electron chi connectivity index (χ4n) is 5.36. The van der Waals surface area contributed by atoms with Gasteiger partial charge in [0, 0.05) is 49.9 Å². The van der Waals surface area contributed by atoms with E-state index in [1.54, 1.807) is 0 Å². The highest BCUT2D eigenvalue weighted by Crippen LogP contribution is 2.55. The molecule has 4 heterocycles. The molecule has 11 nitrogen and oxygen atoms in total. The van der Waals surface area contributed by atoms with Crippen molar-refractivity contribution in [2.45, 2.75) is 49.2 Å². The number of carbonyl (C=O) groups is 1. The maximum Gasteiger partial charge on any atom is 0.417 e. The molecule has 1 saturated carbocycles. The van der Waals surface area contributed by atoms with E-state index in [0.29, 0.717) is 12.8 Å². The van der Waals surface area contributed by atoms with Crippen LogP contribution in [0.25, 0.3) is 11.4 Å². The smallest absolute Gasteiger partial charge is 0.398 e. The number of halogens is 6. The Hall–Kier alpha value is -3.60. The highest BCUT2D eigenvalue weighted by Gasteiger charge is 2.65. The van der Waals surface area contributed by atoms with E-state index in [1.165, 1.54) is 23.4 Å². The lowest BCUT2D eigenvalue weighted by atomic mass is 9.79. The number of likely N-dealkylation sites (tertiary alicyclic amines) is 2. The molecule has 1 atom stereocenters. The quantitative estimate of drug-likeness (QED) is 0.185. The number of nitrogens with two attached hydrogens (primary N) is 1. The molecule has 2 aromatic heterocycles. The van der Waals surface area contributed by atoms with Gasteiger partial charge in [-0.3, -0.25) is 15.5 Å². The number of aliphatic hydroxyl groups is 2. The molecule has 0 aromatic carbocycles. The summed E-state index contributed by atoms with van der Waals surface area (Å²) in [5.41, 5.74) is 0.395. The average Bonchev–Trinajstić information content (AvgIpc) is 3.41. The third kappa shape index (κ3) is 4.40. The minimum atomic E-state index is -4.81. The van der Waals surface area contributed by atoms with Gasteiger partial charge in [-0.2, -0.15) is 31.4 Å². The van der Waals surface area contributed by atoms with Crippen molar-refractivity contribution in [3.63, 3.8) is 0 Å². The van der Waals surface area contributed by atoms with Crippen molar-refractivity contribution in [3.05, 3.63) is 24.0 Å².